The van der Waals surface area contributed by atoms with Gasteiger partial charge in [-0.25, -0.2) is 0 Å². The van der Waals surface area contributed by atoms with E-state index >= 15 is 0 Å². The van der Waals surface area contributed by atoms with Crippen LogP contribution >= 0.6 is 11.3 Å². The van der Waals surface area contributed by atoms with Crippen LogP contribution in [-0.4, -0.2) is 18.4 Å². The number of para-hydroxylation sites is 1. The Kier molecular flexibility index (Phi) is 4.68. The van der Waals surface area contributed by atoms with Crippen molar-refractivity contribution in [3.8, 4) is 0 Å². The first-order chi connectivity index (χ1) is 14.2. The van der Waals surface area contributed by atoms with Crippen molar-refractivity contribution in [1.82, 2.24) is 0 Å². The number of nitrogens with one attached hydrogen (secondary N) is 1. The number of hydrogen-bond donors (Lipinski definition) is 1. The average molecular weight is 403 g/mol. The van der Waals surface area contributed by atoms with Crippen LogP contribution in [0.5, 0.6) is 0 Å². The minimum atomic E-state index is -0.0584. The normalized spacial score (nSPS) is 15.0. The van der Waals surface area contributed by atoms with E-state index < -0.39 is 0 Å². The molecule has 29 heavy (non-hydrogen) atoms. The fourth-order valence-electron chi connectivity index (χ4n) is 4.28. The van der Waals surface area contributed by atoms with Crippen molar-refractivity contribution >= 4 is 34.5 Å². The largest absolute Gasteiger partial charge is 0.322 e. The van der Waals surface area contributed by atoms with Gasteiger partial charge in [-0.1, -0.05) is 18.2 Å². The number of hydrogen-bond acceptors (Lipinski definition) is 3. The second-order valence-electron chi connectivity index (χ2n) is 7.63. The number of anilines is 2. The van der Waals surface area contributed by atoms with E-state index in [4.69, 9.17) is 0 Å². The van der Waals surface area contributed by atoms with E-state index in [0.717, 1.165) is 36.9 Å². The van der Waals surface area contributed by atoms with Crippen LogP contribution in [-0.2, 0) is 19.3 Å². The summed E-state index contributed by atoms with van der Waals surface area (Å²) in [6.45, 7) is 0.708. The first kappa shape index (κ1) is 18.1. The highest BCUT2D eigenvalue weighted by molar-refractivity contribution is 7.10. The van der Waals surface area contributed by atoms with Crippen LogP contribution in [0.4, 0.5) is 11.4 Å². The second kappa shape index (κ2) is 7.48. The molecule has 4 nitrogen and oxygen atoms in total. The molecule has 1 N–H and O–H groups in total. The Hall–Kier alpha value is -2.92. The summed E-state index contributed by atoms with van der Waals surface area (Å²) in [7, 11) is 0. The number of thiophene rings is 1. The zero-order chi connectivity index (χ0) is 19.8. The molecule has 5 rings (SSSR count). The fraction of sp³-hybridized carbons (Fsp3) is 0.250. The van der Waals surface area contributed by atoms with Gasteiger partial charge < -0.3 is 10.2 Å². The summed E-state index contributed by atoms with van der Waals surface area (Å²) in [4.78, 5) is 28.9. The molecule has 1 aliphatic carbocycles. The number of benzene rings is 2. The van der Waals surface area contributed by atoms with Crippen molar-refractivity contribution in [2.75, 3.05) is 16.8 Å². The van der Waals surface area contributed by atoms with Crippen molar-refractivity contribution in [2.45, 2.75) is 32.1 Å². The lowest BCUT2D eigenvalue weighted by atomic mass is 9.95. The molecule has 3 aromatic rings. The summed E-state index contributed by atoms with van der Waals surface area (Å²) in [5.41, 5.74) is 5.58. The van der Waals surface area contributed by atoms with Gasteiger partial charge in [-0.15, -0.1) is 11.3 Å². The third-order valence-electron chi connectivity index (χ3n) is 5.83. The van der Waals surface area contributed by atoms with Gasteiger partial charge >= 0.3 is 0 Å². The maximum atomic E-state index is 12.9. The van der Waals surface area contributed by atoms with Crippen LogP contribution in [0.3, 0.4) is 0 Å². The SMILES string of the molecule is O=C(Nc1ccc(C(=O)N2CCc3ccccc32)cc1)c1csc2c1CCCC2. The fourth-order valence-corrected chi connectivity index (χ4v) is 5.41. The first-order valence-corrected chi connectivity index (χ1v) is 11.0. The molecule has 146 valence electrons. The molecule has 0 saturated heterocycles. The molecule has 5 heteroatoms. The molecule has 2 amide bonds. The lowest BCUT2D eigenvalue weighted by Crippen LogP contribution is -2.28. The number of carbonyl (C=O) groups excluding carboxylic acids is 2. The highest BCUT2D eigenvalue weighted by Gasteiger charge is 2.25. The molecule has 0 atom stereocenters. The number of fused-ring (bicyclic) bond motifs is 2. The van der Waals surface area contributed by atoms with E-state index in [1.807, 2.05) is 40.6 Å². The number of aryl methyl sites for hydroxylation is 1. The predicted molar refractivity (Wildman–Crippen MR) is 117 cm³/mol. The molecule has 0 fully saturated rings. The zero-order valence-electron chi connectivity index (χ0n) is 16.1. The monoisotopic (exact) mass is 402 g/mol. The van der Waals surface area contributed by atoms with E-state index in [1.165, 1.54) is 22.4 Å². The maximum Gasteiger partial charge on any atom is 0.258 e. The molecular weight excluding hydrogens is 380 g/mol. The lowest BCUT2D eigenvalue weighted by molar-refractivity contribution is 0.0988. The smallest absolute Gasteiger partial charge is 0.258 e. The third-order valence-corrected chi connectivity index (χ3v) is 6.92. The van der Waals surface area contributed by atoms with E-state index in [9.17, 15) is 9.59 Å². The topological polar surface area (TPSA) is 49.4 Å². The number of carbonyl (C=O) groups is 2. The Bertz CT molecular complexity index is 1080. The van der Waals surface area contributed by atoms with Gasteiger partial charge in [-0.05, 0) is 73.6 Å². The first-order valence-electron chi connectivity index (χ1n) is 10.1. The minimum absolute atomic E-state index is 0.000249. The Labute approximate surface area is 174 Å². The van der Waals surface area contributed by atoms with Crippen LogP contribution in [0.25, 0.3) is 0 Å². The van der Waals surface area contributed by atoms with Crippen LogP contribution in [0.1, 0.15) is 49.6 Å². The molecular formula is C24H22N2O2S. The number of amides is 2. The molecule has 2 aliphatic rings. The summed E-state index contributed by atoms with van der Waals surface area (Å²) in [5.74, 6) is -0.0586. The number of nitrogens with zero attached hydrogens (tertiary/aromatic N) is 1. The Morgan fingerprint density at radius 3 is 2.59 bits per heavy atom. The minimum Gasteiger partial charge on any atom is -0.322 e. The van der Waals surface area contributed by atoms with E-state index in [-0.39, 0.29) is 11.8 Å². The Balaban J connectivity index is 1.30. The quantitative estimate of drug-likeness (QED) is 0.664. The number of rotatable bonds is 3. The summed E-state index contributed by atoms with van der Waals surface area (Å²) < 4.78 is 0. The highest BCUT2D eigenvalue weighted by Crippen LogP contribution is 2.31. The van der Waals surface area contributed by atoms with Crippen molar-refractivity contribution in [1.29, 1.82) is 0 Å². The molecule has 1 aromatic heterocycles. The van der Waals surface area contributed by atoms with Crippen LogP contribution in [0, 0.1) is 0 Å². The van der Waals surface area contributed by atoms with Gasteiger partial charge in [0.2, 0.25) is 0 Å². The Morgan fingerprint density at radius 2 is 1.72 bits per heavy atom. The van der Waals surface area contributed by atoms with Gasteiger partial charge in [0.25, 0.3) is 11.8 Å². The van der Waals surface area contributed by atoms with Crippen molar-refractivity contribution in [3.63, 3.8) is 0 Å². The van der Waals surface area contributed by atoms with Crippen molar-refractivity contribution < 1.29 is 9.59 Å². The summed E-state index contributed by atoms with van der Waals surface area (Å²) in [6.07, 6.45) is 5.34. The lowest BCUT2D eigenvalue weighted by Gasteiger charge is -2.17. The highest BCUT2D eigenvalue weighted by atomic mass is 32.1. The van der Waals surface area contributed by atoms with E-state index in [0.29, 0.717) is 17.8 Å². The Morgan fingerprint density at radius 1 is 0.931 bits per heavy atom. The van der Waals surface area contributed by atoms with Gasteiger partial charge in [0, 0.05) is 33.7 Å². The molecule has 0 unspecified atom stereocenters. The van der Waals surface area contributed by atoms with E-state index in [1.54, 1.807) is 23.5 Å². The van der Waals surface area contributed by atoms with Crippen LogP contribution in [0.2, 0.25) is 0 Å². The maximum absolute atomic E-state index is 12.9. The van der Waals surface area contributed by atoms with Gasteiger partial charge in [0.1, 0.15) is 0 Å². The zero-order valence-corrected chi connectivity index (χ0v) is 16.9. The standard InChI is InChI=1S/C24H22N2O2S/c27-23(20-15-29-22-8-4-2-6-19(20)22)25-18-11-9-17(10-12-18)24(28)26-14-13-16-5-1-3-7-21(16)26/h1,3,5,7,9-12,15H,2,4,6,8,13-14H2,(H,25,27). The summed E-state index contributed by atoms with van der Waals surface area (Å²) in [6, 6.07) is 15.3. The summed E-state index contributed by atoms with van der Waals surface area (Å²) in [5, 5.41) is 4.97. The molecule has 0 bridgehead atoms. The molecule has 0 saturated carbocycles. The third kappa shape index (κ3) is 3.36. The van der Waals surface area contributed by atoms with E-state index in [2.05, 4.69) is 11.4 Å². The molecule has 2 aromatic carbocycles. The van der Waals surface area contributed by atoms with Gasteiger partial charge in [-0.2, -0.15) is 0 Å². The van der Waals surface area contributed by atoms with Gasteiger partial charge in [-0.3, -0.25) is 9.59 Å². The molecule has 0 radical (unpaired) electrons. The van der Waals surface area contributed by atoms with Crippen molar-refractivity contribution in [2.24, 2.45) is 0 Å². The van der Waals surface area contributed by atoms with Crippen molar-refractivity contribution in [3.05, 3.63) is 81.0 Å². The summed E-state index contributed by atoms with van der Waals surface area (Å²) >= 11 is 1.69. The second-order valence-corrected chi connectivity index (χ2v) is 8.59. The van der Waals surface area contributed by atoms with Gasteiger partial charge in [0.15, 0.2) is 0 Å². The van der Waals surface area contributed by atoms with Crippen LogP contribution < -0.4 is 10.2 Å². The molecule has 2 heterocycles. The van der Waals surface area contributed by atoms with Gasteiger partial charge in [0.05, 0.1) is 5.56 Å². The average Bonchev–Trinajstić information content (AvgIpc) is 3.38. The van der Waals surface area contributed by atoms with Crippen LogP contribution in [0.15, 0.2) is 53.9 Å². The molecule has 0 spiro atoms. The molecule has 1 aliphatic heterocycles. The predicted octanol–water partition coefficient (Wildman–Crippen LogP) is 5.08.